The van der Waals surface area contributed by atoms with Gasteiger partial charge >= 0.3 is 0 Å². The zero-order chi connectivity index (χ0) is 24.9. The van der Waals surface area contributed by atoms with Crippen LogP contribution in [-0.4, -0.2) is 23.0 Å². The van der Waals surface area contributed by atoms with Gasteiger partial charge in [0.1, 0.15) is 11.6 Å². The summed E-state index contributed by atoms with van der Waals surface area (Å²) in [4.78, 5) is 21.8. The summed E-state index contributed by atoms with van der Waals surface area (Å²) in [6.07, 6.45) is 5.46. The molecule has 6 heteroatoms. The second kappa shape index (κ2) is 10.4. The summed E-state index contributed by atoms with van der Waals surface area (Å²) in [5.74, 6) is -0.162. The van der Waals surface area contributed by atoms with Crippen LogP contribution < -0.4 is 10.1 Å². The average Bonchev–Trinajstić information content (AvgIpc) is 2.92. The first-order chi connectivity index (χ1) is 17.6. The molecule has 0 unspecified atom stereocenters. The lowest BCUT2D eigenvalue weighted by molar-refractivity contribution is -0.117. The Balaban J connectivity index is 1.50. The number of ether oxygens (including phenoxy) is 1. The first kappa shape index (κ1) is 23.2. The van der Waals surface area contributed by atoms with Gasteiger partial charge in [-0.15, -0.1) is 0 Å². The lowest BCUT2D eigenvalue weighted by Crippen LogP contribution is -2.23. The van der Waals surface area contributed by atoms with Gasteiger partial charge in [0.05, 0.1) is 18.5 Å². The predicted octanol–water partition coefficient (Wildman–Crippen LogP) is 6.41. The van der Waals surface area contributed by atoms with Crippen molar-refractivity contribution in [3.63, 3.8) is 0 Å². The first-order valence-electron chi connectivity index (χ1n) is 11.6. The Morgan fingerprint density at radius 3 is 2.50 bits per heavy atom. The van der Waals surface area contributed by atoms with Crippen LogP contribution in [0.3, 0.4) is 0 Å². The third kappa shape index (κ3) is 4.93. The summed E-state index contributed by atoms with van der Waals surface area (Å²) in [5.41, 5.74) is 5.01. The summed E-state index contributed by atoms with van der Waals surface area (Å²) in [6.45, 7) is 0. The van der Waals surface area contributed by atoms with Crippen molar-refractivity contribution in [3.8, 4) is 16.9 Å². The number of anilines is 1. The molecule has 178 valence electrons. The van der Waals surface area contributed by atoms with Crippen molar-refractivity contribution in [2.24, 2.45) is 0 Å². The number of halogens is 1. The molecule has 0 bridgehead atoms. The highest BCUT2D eigenvalue weighted by Crippen LogP contribution is 2.32. The SMILES string of the molecule is COc1ccccc1C[C@@H](C(=O)Nc1ccncc1)c1ccc(-c2ccnc3ccc(F)cc23)cc1. The zero-order valence-corrected chi connectivity index (χ0v) is 19.7. The van der Waals surface area contributed by atoms with Gasteiger partial charge in [0.15, 0.2) is 0 Å². The number of rotatable bonds is 7. The maximum Gasteiger partial charge on any atom is 0.232 e. The fourth-order valence-corrected chi connectivity index (χ4v) is 4.38. The number of carbonyl (C=O) groups is 1. The second-order valence-electron chi connectivity index (χ2n) is 8.44. The molecule has 0 spiro atoms. The molecule has 0 saturated carbocycles. The van der Waals surface area contributed by atoms with E-state index in [9.17, 15) is 9.18 Å². The van der Waals surface area contributed by atoms with E-state index in [1.807, 2.05) is 54.6 Å². The van der Waals surface area contributed by atoms with Crippen LogP contribution in [0, 0.1) is 5.82 Å². The number of methoxy groups -OCH3 is 1. The van der Waals surface area contributed by atoms with Gasteiger partial charge in [0.25, 0.3) is 0 Å². The molecule has 0 aliphatic carbocycles. The summed E-state index contributed by atoms with van der Waals surface area (Å²) in [7, 11) is 1.63. The number of aromatic nitrogens is 2. The number of hydrogen-bond donors (Lipinski definition) is 1. The number of nitrogens with one attached hydrogen (secondary N) is 1. The van der Waals surface area contributed by atoms with Crippen molar-refractivity contribution < 1.29 is 13.9 Å². The Morgan fingerprint density at radius 2 is 1.72 bits per heavy atom. The van der Waals surface area contributed by atoms with Crippen molar-refractivity contribution in [2.75, 3.05) is 12.4 Å². The van der Waals surface area contributed by atoms with Crippen LogP contribution in [0.15, 0.2) is 104 Å². The molecule has 0 aliphatic heterocycles. The van der Waals surface area contributed by atoms with Crippen molar-refractivity contribution >= 4 is 22.5 Å². The maximum atomic E-state index is 14.0. The molecule has 5 aromatic rings. The molecule has 1 atom stereocenters. The molecule has 2 heterocycles. The van der Waals surface area contributed by atoms with Crippen molar-refractivity contribution in [1.82, 2.24) is 9.97 Å². The Bertz CT molecular complexity index is 1500. The second-order valence-corrected chi connectivity index (χ2v) is 8.44. The predicted molar refractivity (Wildman–Crippen MR) is 139 cm³/mol. The number of fused-ring (bicyclic) bond motifs is 1. The summed E-state index contributed by atoms with van der Waals surface area (Å²) in [5, 5.41) is 3.75. The van der Waals surface area contributed by atoms with Crippen LogP contribution in [0.2, 0.25) is 0 Å². The van der Waals surface area contributed by atoms with Gasteiger partial charge in [-0.3, -0.25) is 14.8 Å². The number of benzene rings is 3. The average molecular weight is 478 g/mol. The van der Waals surface area contributed by atoms with E-state index in [0.29, 0.717) is 12.1 Å². The van der Waals surface area contributed by atoms with E-state index in [1.54, 1.807) is 43.9 Å². The van der Waals surface area contributed by atoms with E-state index in [0.717, 1.165) is 38.9 Å². The Hall–Kier alpha value is -4.58. The molecule has 3 aromatic carbocycles. The van der Waals surface area contributed by atoms with E-state index < -0.39 is 5.92 Å². The summed E-state index contributed by atoms with van der Waals surface area (Å²) < 4.78 is 19.5. The van der Waals surface area contributed by atoms with Gasteiger partial charge in [0, 0.05) is 29.7 Å². The fraction of sp³-hybridized carbons (Fsp3) is 0.100. The largest absolute Gasteiger partial charge is 0.496 e. The molecular weight excluding hydrogens is 453 g/mol. The number of hydrogen-bond acceptors (Lipinski definition) is 4. The summed E-state index contributed by atoms with van der Waals surface area (Å²) in [6, 6.07) is 25.5. The van der Waals surface area contributed by atoms with Crippen molar-refractivity contribution in [3.05, 3.63) is 120 Å². The van der Waals surface area contributed by atoms with Crippen LogP contribution in [-0.2, 0) is 11.2 Å². The third-order valence-corrected chi connectivity index (χ3v) is 6.21. The number of amides is 1. The maximum absolute atomic E-state index is 14.0. The molecule has 0 fully saturated rings. The lowest BCUT2D eigenvalue weighted by Gasteiger charge is -2.19. The molecule has 2 aromatic heterocycles. The van der Waals surface area contributed by atoms with Crippen LogP contribution >= 0.6 is 0 Å². The molecule has 0 saturated heterocycles. The molecule has 5 nitrogen and oxygen atoms in total. The zero-order valence-electron chi connectivity index (χ0n) is 19.7. The number of carbonyl (C=O) groups excluding carboxylic acids is 1. The lowest BCUT2D eigenvalue weighted by atomic mass is 9.89. The van der Waals surface area contributed by atoms with Gasteiger partial charge in [-0.05, 0) is 71.1 Å². The molecule has 36 heavy (non-hydrogen) atoms. The minimum atomic E-state index is -0.463. The smallest absolute Gasteiger partial charge is 0.232 e. The van der Waals surface area contributed by atoms with E-state index >= 15 is 0 Å². The van der Waals surface area contributed by atoms with Gasteiger partial charge in [-0.25, -0.2) is 4.39 Å². The van der Waals surface area contributed by atoms with E-state index in [4.69, 9.17) is 4.74 Å². The number of para-hydroxylation sites is 1. The van der Waals surface area contributed by atoms with E-state index in [1.165, 1.54) is 12.1 Å². The van der Waals surface area contributed by atoms with E-state index in [-0.39, 0.29) is 11.7 Å². The van der Waals surface area contributed by atoms with Crippen LogP contribution in [0.25, 0.3) is 22.0 Å². The Labute approximate surface area is 208 Å². The molecule has 0 aliphatic rings. The Morgan fingerprint density at radius 1 is 0.944 bits per heavy atom. The van der Waals surface area contributed by atoms with Gasteiger partial charge < -0.3 is 10.1 Å². The normalized spacial score (nSPS) is 11.7. The van der Waals surface area contributed by atoms with Gasteiger partial charge in [-0.1, -0.05) is 42.5 Å². The standard InChI is InChI=1S/C30H24FN3O2/c1-36-29-5-3-2-4-22(29)18-26(30(35)34-24-12-15-32-16-13-24)21-8-6-20(7-9-21)25-14-17-33-28-11-10-23(31)19-27(25)28/h2-17,19,26H,18H2,1H3,(H,32,34,35)/t26-/m1/s1. The highest BCUT2D eigenvalue weighted by Gasteiger charge is 2.23. The Kier molecular flexibility index (Phi) is 6.67. The number of pyridine rings is 2. The van der Waals surface area contributed by atoms with Crippen molar-refractivity contribution in [2.45, 2.75) is 12.3 Å². The fourth-order valence-electron chi connectivity index (χ4n) is 4.38. The molecule has 1 N–H and O–H groups in total. The van der Waals surface area contributed by atoms with Gasteiger partial charge in [0.2, 0.25) is 5.91 Å². The summed E-state index contributed by atoms with van der Waals surface area (Å²) >= 11 is 0. The monoisotopic (exact) mass is 477 g/mol. The van der Waals surface area contributed by atoms with Gasteiger partial charge in [-0.2, -0.15) is 0 Å². The van der Waals surface area contributed by atoms with Crippen LogP contribution in [0.1, 0.15) is 17.0 Å². The molecule has 0 radical (unpaired) electrons. The third-order valence-electron chi connectivity index (χ3n) is 6.21. The highest BCUT2D eigenvalue weighted by molar-refractivity contribution is 5.97. The van der Waals surface area contributed by atoms with Crippen molar-refractivity contribution in [1.29, 1.82) is 0 Å². The molecule has 1 amide bonds. The first-order valence-corrected chi connectivity index (χ1v) is 11.6. The minimum Gasteiger partial charge on any atom is -0.496 e. The quantitative estimate of drug-likeness (QED) is 0.294. The van der Waals surface area contributed by atoms with E-state index in [2.05, 4.69) is 15.3 Å². The molecular formula is C30H24FN3O2. The van der Waals surface area contributed by atoms with Crippen LogP contribution in [0.5, 0.6) is 5.75 Å². The highest BCUT2D eigenvalue weighted by atomic mass is 19.1. The number of nitrogens with zero attached hydrogens (tertiary/aromatic N) is 2. The molecule has 5 rings (SSSR count). The van der Waals surface area contributed by atoms with Crippen LogP contribution in [0.4, 0.5) is 10.1 Å². The minimum absolute atomic E-state index is 0.128. The topological polar surface area (TPSA) is 64.1 Å².